The highest BCUT2D eigenvalue weighted by molar-refractivity contribution is 5.52. The van der Waals surface area contributed by atoms with E-state index in [1.807, 2.05) is 13.8 Å². The normalized spacial score (nSPS) is 22.6. The van der Waals surface area contributed by atoms with Crippen molar-refractivity contribution in [2.75, 3.05) is 24.6 Å². The Kier molecular flexibility index (Phi) is 5.53. The summed E-state index contributed by atoms with van der Waals surface area (Å²) in [6, 6.07) is 2.82. The van der Waals surface area contributed by atoms with Gasteiger partial charge in [-0.05, 0) is 44.5 Å². The number of hydrogen-bond donors (Lipinski definition) is 1. The maximum atomic E-state index is 14.4. The van der Waals surface area contributed by atoms with Gasteiger partial charge in [0.25, 0.3) is 0 Å². The fourth-order valence-corrected chi connectivity index (χ4v) is 2.62. The lowest BCUT2D eigenvalue weighted by atomic mass is 10.1. The molecule has 5 heteroatoms. The van der Waals surface area contributed by atoms with E-state index in [0.29, 0.717) is 25.3 Å². The lowest BCUT2D eigenvalue weighted by Crippen LogP contribution is -2.48. The van der Waals surface area contributed by atoms with Crippen LogP contribution in [-0.2, 0) is 11.3 Å². The van der Waals surface area contributed by atoms with Gasteiger partial charge in [0.05, 0.1) is 12.7 Å². The molecule has 1 aromatic carbocycles. The summed E-state index contributed by atoms with van der Waals surface area (Å²) in [6.07, 6.45) is 0.970. The van der Waals surface area contributed by atoms with Crippen LogP contribution in [0.5, 0.6) is 0 Å². The summed E-state index contributed by atoms with van der Waals surface area (Å²) in [7, 11) is 0. The van der Waals surface area contributed by atoms with Gasteiger partial charge in [-0.3, -0.25) is 0 Å². The Morgan fingerprint density at radius 2 is 1.95 bits per heavy atom. The summed E-state index contributed by atoms with van der Waals surface area (Å²) >= 11 is 0. The van der Waals surface area contributed by atoms with Gasteiger partial charge < -0.3 is 15.0 Å². The van der Waals surface area contributed by atoms with Crippen LogP contribution in [0.2, 0.25) is 0 Å². The SMILES string of the molecule is CCCNCc1cc(F)c(N2CC(C)OCC2C)c(F)c1. The number of morpholine rings is 1. The Morgan fingerprint density at radius 3 is 2.57 bits per heavy atom. The summed E-state index contributed by atoms with van der Waals surface area (Å²) in [4.78, 5) is 1.77. The monoisotopic (exact) mass is 298 g/mol. The Balaban J connectivity index is 2.20. The van der Waals surface area contributed by atoms with Gasteiger partial charge in [0.2, 0.25) is 0 Å². The first-order valence-electron chi connectivity index (χ1n) is 7.59. The fourth-order valence-electron chi connectivity index (χ4n) is 2.62. The Bertz CT molecular complexity index is 458. The van der Waals surface area contributed by atoms with Gasteiger partial charge in [-0.15, -0.1) is 0 Å². The van der Waals surface area contributed by atoms with Crippen LogP contribution in [0.15, 0.2) is 12.1 Å². The maximum Gasteiger partial charge on any atom is 0.149 e. The highest BCUT2D eigenvalue weighted by Gasteiger charge is 2.28. The molecule has 1 fully saturated rings. The van der Waals surface area contributed by atoms with Crippen molar-refractivity contribution in [2.24, 2.45) is 0 Å². The molecule has 1 heterocycles. The molecule has 0 bridgehead atoms. The van der Waals surface area contributed by atoms with Crippen molar-refractivity contribution in [2.45, 2.75) is 45.9 Å². The summed E-state index contributed by atoms with van der Waals surface area (Å²) in [5, 5.41) is 3.15. The Labute approximate surface area is 125 Å². The van der Waals surface area contributed by atoms with Gasteiger partial charge in [0.1, 0.15) is 17.3 Å². The molecule has 0 aliphatic carbocycles. The number of anilines is 1. The zero-order valence-corrected chi connectivity index (χ0v) is 13.0. The zero-order valence-electron chi connectivity index (χ0n) is 13.0. The molecule has 0 spiro atoms. The largest absolute Gasteiger partial charge is 0.375 e. The number of nitrogens with one attached hydrogen (secondary N) is 1. The number of halogens is 2. The van der Waals surface area contributed by atoms with E-state index >= 15 is 0 Å². The third-order valence-corrected chi connectivity index (χ3v) is 3.73. The highest BCUT2D eigenvalue weighted by Crippen LogP contribution is 2.29. The van der Waals surface area contributed by atoms with Crippen molar-refractivity contribution in [1.82, 2.24) is 5.32 Å². The van der Waals surface area contributed by atoms with Crippen molar-refractivity contribution >= 4 is 5.69 Å². The molecule has 1 aromatic rings. The van der Waals surface area contributed by atoms with Crippen LogP contribution in [0.25, 0.3) is 0 Å². The van der Waals surface area contributed by atoms with E-state index in [1.54, 1.807) is 4.90 Å². The van der Waals surface area contributed by atoms with Gasteiger partial charge in [-0.25, -0.2) is 8.78 Å². The number of hydrogen-bond acceptors (Lipinski definition) is 3. The quantitative estimate of drug-likeness (QED) is 0.846. The van der Waals surface area contributed by atoms with Crippen LogP contribution in [0, 0.1) is 11.6 Å². The van der Waals surface area contributed by atoms with E-state index in [0.717, 1.165) is 13.0 Å². The standard InChI is InChI=1S/C16H24F2N2O/c1-4-5-19-8-13-6-14(17)16(15(18)7-13)20-9-12(3)21-10-11(20)2/h6-7,11-12,19H,4-5,8-10H2,1-3H3. The molecule has 2 unspecified atom stereocenters. The van der Waals surface area contributed by atoms with Gasteiger partial charge in [-0.2, -0.15) is 0 Å². The molecule has 3 nitrogen and oxygen atoms in total. The number of nitrogens with zero attached hydrogens (tertiary/aromatic N) is 1. The first kappa shape index (κ1) is 16.2. The van der Waals surface area contributed by atoms with Crippen LogP contribution >= 0.6 is 0 Å². The highest BCUT2D eigenvalue weighted by atomic mass is 19.1. The van der Waals surface area contributed by atoms with E-state index in [9.17, 15) is 8.78 Å². The van der Waals surface area contributed by atoms with Gasteiger partial charge >= 0.3 is 0 Å². The minimum Gasteiger partial charge on any atom is -0.375 e. The number of benzene rings is 1. The third-order valence-electron chi connectivity index (χ3n) is 3.73. The van der Waals surface area contributed by atoms with Crippen molar-refractivity contribution in [3.8, 4) is 0 Å². The van der Waals surface area contributed by atoms with E-state index < -0.39 is 11.6 Å². The summed E-state index contributed by atoms with van der Waals surface area (Å²) in [5.41, 5.74) is 0.702. The molecule has 1 aliphatic heterocycles. The first-order chi connectivity index (χ1) is 10.0. The number of rotatable bonds is 5. The van der Waals surface area contributed by atoms with Crippen LogP contribution in [0.4, 0.5) is 14.5 Å². The molecule has 0 amide bonds. The lowest BCUT2D eigenvalue weighted by Gasteiger charge is -2.38. The van der Waals surface area contributed by atoms with Crippen molar-refractivity contribution < 1.29 is 13.5 Å². The fraction of sp³-hybridized carbons (Fsp3) is 0.625. The van der Waals surface area contributed by atoms with Crippen LogP contribution < -0.4 is 10.2 Å². The van der Waals surface area contributed by atoms with Crippen molar-refractivity contribution in [1.29, 1.82) is 0 Å². The second-order valence-corrected chi connectivity index (χ2v) is 5.73. The first-order valence-corrected chi connectivity index (χ1v) is 7.59. The molecule has 1 N–H and O–H groups in total. The smallest absolute Gasteiger partial charge is 0.149 e. The molecular formula is C16H24F2N2O. The number of ether oxygens (including phenoxy) is 1. The minimum atomic E-state index is -0.496. The molecule has 21 heavy (non-hydrogen) atoms. The summed E-state index contributed by atoms with van der Waals surface area (Å²) in [6.45, 7) is 8.19. The molecule has 2 rings (SSSR count). The maximum absolute atomic E-state index is 14.4. The second kappa shape index (κ2) is 7.18. The molecule has 1 aliphatic rings. The van der Waals surface area contributed by atoms with E-state index in [1.165, 1.54) is 12.1 Å². The van der Waals surface area contributed by atoms with Gasteiger partial charge in [0, 0.05) is 19.1 Å². The second-order valence-electron chi connectivity index (χ2n) is 5.73. The topological polar surface area (TPSA) is 24.5 Å². The van der Waals surface area contributed by atoms with E-state index in [4.69, 9.17) is 4.74 Å². The molecule has 118 valence electrons. The lowest BCUT2D eigenvalue weighted by molar-refractivity contribution is 0.0338. The predicted molar refractivity (Wildman–Crippen MR) is 80.6 cm³/mol. The third kappa shape index (κ3) is 3.92. The molecule has 1 saturated heterocycles. The summed E-state index contributed by atoms with van der Waals surface area (Å²) in [5.74, 6) is -0.992. The van der Waals surface area contributed by atoms with Crippen LogP contribution in [0.1, 0.15) is 32.8 Å². The summed E-state index contributed by atoms with van der Waals surface area (Å²) < 4.78 is 34.2. The molecule has 0 saturated carbocycles. The molecule has 0 aromatic heterocycles. The predicted octanol–water partition coefficient (Wildman–Crippen LogP) is 3.08. The van der Waals surface area contributed by atoms with Crippen LogP contribution in [0.3, 0.4) is 0 Å². The molecule has 0 radical (unpaired) electrons. The Morgan fingerprint density at radius 1 is 1.29 bits per heavy atom. The van der Waals surface area contributed by atoms with Gasteiger partial charge in [-0.1, -0.05) is 6.92 Å². The van der Waals surface area contributed by atoms with Gasteiger partial charge in [0.15, 0.2) is 0 Å². The average molecular weight is 298 g/mol. The average Bonchev–Trinajstić information content (AvgIpc) is 2.42. The molecule has 2 atom stereocenters. The van der Waals surface area contributed by atoms with Crippen molar-refractivity contribution in [3.63, 3.8) is 0 Å². The van der Waals surface area contributed by atoms with E-state index in [2.05, 4.69) is 12.2 Å². The zero-order chi connectivity index (χ0) is 15.4. The Hall–Kier alpha value is -1.20. The molecular weight excluding hydrogens is 274 g/mol. The van der Waals surface area contributed by atoms with E-state index in [-0.39, 0.29) is 17.8 Å². The van der Waals surface area contributed by atoms with Crippen LogP contribution in [-0.4, -0.2) is 31.8 Å². The minimum absolute atomic E-state index is 0.0223. The van der Waals surface area contributed by atoms with Crippen molar-refractivity contribution in [3.05, 3.63) is 29.3 Å².